The molecule has 1 spiro atoms. The molecule has 0 aliphatic carbocycles. The Morgan fingerprint density at radius 2 is 2.12 bits per heavy atom. The third kappa shape index (κ3) is 3.95. The van der Waals surface area contributed by atoms with Gasteiger partial charge in [0.05, 0.1) is 34.5 Å². The molecule has 2 aliphatic heterocycles. The van der Waals surface area contributed by atoms with Gasteiger partial charge >= 0.3 is 0 Å². The van der Waals surface area contributed by atoms with E-state index in [4.69, 9.17) is 13.8 Å². The zero-order valence-electron chi connectivity index (χ0n) is 22.0. The van der Waals surface area contributed by atoms with E-state index in [-0.39, 0.29) is 22.9 Å². The molecule has 2 aliphatic rings. The summed E-state index contributed by atoms with van der Waals surface area (Å²) in [6, 6.07) is 5.04. The number of methoxy groups -OCH3 is 1. The summed E-state index contributed by atoms with van der Waals surface area (Å²) in [7, 11) is -2.72. The monoisotopic (exact) mass is 465 g/mol. The summed E-state index contributed by atoms with van der Waals surface area (Å²) < 4.78 is 41.1. The van der Waals surface area contributed by atoms with Crippen LogP contribution in [0.5, 0.6) is 5.88 Å². The van der Waals surface area contributed by atoms with Crippen LogP contribution >= 0.6 is 0 Å². The molecule has 34 heavy (non-hydrogen) atoms. The lowest BCUT2D eigenvalue weighted by atomic mass is 9.86. The van der Waals surface area contributed by atoms with Crippen LogP contribution < -0.4 is 10.1 Å². The molecule has 0 unspecified atom stereocenters. The number of aromatic nitrogens is 4. The van der Waals surface area contributed by atoms with Gasteiger partial charge in [-0.15, -0.1) is 0 Å². The molecular formula is C25H27FN6O2. The van der Waals surface area contributed by atoms with Gasteiger partial charge in [-0.1, -0.05) is 0 Å². The SMILES string of the molecule is [2H]C([2H])([2H])Oc1cc([C@@H](C)C(=O)N2CC[C@@]3(CCc4cc(-c5ncccn5)c(C)nc4N3)C2)c(F)cn1. The predicted octanol–water partition coefficient (Wildman–Crippen LogP) is 3.52. The van der Waals surface area contributed by atoms with Crippen LogP contribution in [-0.2, 0) is 11.2 Å². The lowest BCUT2D eigenvalue weighted by Gasteiger charge is -2.36. The van der Waals surface area contributed by atoms with Gasteiger partial charge in [0.25, 0.3) is 0 Å². The third-order valence-electron chi connectivity index (χ3n) is 6.82. The number of anilines is 1. The van der Waals surface area contributed by atoms with Crippen LogP contribution in [0.2, 0.25) is 0 Å². The van der Waals surface area contributed by atoms with Crippen LogP contribution in [0.25, 0.3) is 11.4 Å². The molecule has 0 radical (unpaired) electrons. The van der Waals surface area contributed by atoms with Crippen molar-refractivity contribution in [2.45, 2.75) is 44.6 Å². The van der Waals surface area contributed by atoms with E-state index in [0.29, 0.717) is 18.9 Å². The Bertz CT molecular complexity index is 1340. The lowest BCUT2D eigenvalue weighted by Crippen LogP contribution is -2.46. The van der Waals surface area contributed by atoms with Gasteiger partial charge < -0.3 is 15.0 Å². The number of fused-ring (bicyclic) bond motifs is 1. The largest absolute Gasteiger partial charge is 0.481 e. The number of carbonyl (C=O) groups excluding carboxylic acids is 1. The normalized spacial score (nSPS) is 21.7. The summed E-state index contributed by atoms with van der Waals surface area (Å²) in [5.41, 5.74) is 2.53. The number of halogens is 1. The Morgan fingerprint density at radius 3 is 2.91 bits per heavy atom. The molecule has 5 rings (SSSR count). The van der Waals surface area contributed by atoms with Gasteiger partial charge in [-0.2, -0.15) is 0 Å². The minimum Gasteiger partial charge on any atom is -0.481 e. The van der Waals surface area contributed by atoms with E-state index >= 15 is 0 Å². The first kappa shape index (κ1) is 18.8. The molecule has 1 saturated heterocycles. The van der Waals surface area contributed by atoms with Gasteiger partial charge in [0.1, 0.15) is 11.6 Å². The second-order valence-corrected chi connectivity index (χ2v) is 8.98. The molecule has 0 aromatic carbocycles. The van der Waals surface area contributed by atoms with Crippen molar-refractivity contribution in [1.29, 1.82) is 0 Å². The van der Waals surface area contributed by atoms with Crippen molar-refractivity contribution >= 4 is 11.7 Å². The number of aryl methyl sites for hydroxylation is 2. The fraction of sp³-hybridized carbons (Fsp3) is 0.400. The van der Waals surface area contributed by atoms with E-state index < -0.39 is 18.8 Å². The second kappa shape index (κ2) is 8.62. The number of hydrogen-bond donors (Lipinski definition) is 1. The first-order valence-electron chi connectivity index (χ1n) is 12.7. The highest BCUT2D eigenvalue weighted by Gasteiger charge is 2.43. The smallest absolute Gasteiger partial charge is 0.230 e. The maximum Gasteiger partial charge on any atom is 0.230 e. The molecule has 9 heteroatoms. The van der Waals surface area contributed by atoms with Gasteiger partial charge in [0.15, 0.2) is 5.82 Å². The Hall–Kier alpha value is -3.62. The number of ether oxygens (including phenoxy) is 1. The molecule has 1 amide bonds. The maximum atomic E-state index is 14.5. The number of nitrogens with one attached hydrogen (secondary N) is 1. The Labute approximate surface area is 201 Å². The van der Waals surface area contributed by atoms with Crippen molar-refractivity contribution in [2.75, 3.05) is 25.4 Å². The number of rotatable bonds is 4. The van der Waals surface area contributed by atoms with Crippen LogP contribution in [0.3, 0.4) is 0 Å². The topological polar surface area (TPSA) is 93.1 Å². The standard InChI is InChI=1S/C25H27FN6O2/c1-15(18-12-21(34-3)29-13-20(18)26)24(33)32-10-7-25(14-32)6-5-17-11-19(16(2)30-22(17)31-25)23-27-8-4-9-28-23/h4,8-9,11-13,15H,5-7,10,14H2,1-3H3,(H,30,31)/t15-,25+/m1/s1/i3D3. The van der Waals surface area contributed by atoms with Crippen LogP contribution in [0.15, 0.2) is 36.8 Å². The number of likely N-dealkylation sites (tertiary alicyclic amines) is 1. The van der Waals surface area contributed by atoms with E-state index in [1.807, 2.05) is 6.92 Å². The van der Waals surface area contributed by atoms with Crippen LogP contribution in [0.4, 0.5) is 10.2 Å². The van der Waals surface area contributed by atoms with Crippen molar-refractivity contribution in [2.24, 2.45) is 0 Å². The maximum absolute atomic E-state index is 14.5. The zero-order chi connectivity index (χ0) is 26.4. The zero-order valence-corrected chi connectivity index (χ0v) is 19.0. The molecule has 176 valence electrons. The summed E-state index contributed by atoms with van der Waals surface area (Å²) >= 11 is 0. The summed E-state index contributed by atoms with van der Waals surface area (Å²) in [5.74, 6) is -0.566. The number of nitrogens with zero attached hydrogens (tertiary/aromatic N) is 5. The van der Waals surface area contributed by atoms with E-state index in [2.05, 4.69) is 26.3 Å². The molecule has 8 nitrogen and oxygen atoms in total. The van der Waals surface area contributed by atoms with Gasteiger partial charge in [-0.3, -0.25) is 4.79 Å². The molecule has 3 aromatic rings. The van der Waals surface area contributed by atoms with Crippen molar-refractivity contribution < 1.29 is 18.0 Å². The van der Waals surface area contributed by atoms with E-state index in [1.165, 1.54) is 6.07 Å². The average molecular weight is 466 g/mol. The third-order valence-corrected chi connectivity index (χ3v) is 6.82. The number of hydrogen-bond acceptors (Lipinski definition) is 7. The molecule has 0 saturated carbocycles. The highest BCUT2D eigenvalue weighted by Crippen LogP contribution is 2.38. The number of carbonyl (C=O) groups is 1. The fourth-order valence-corrected chi connectivity index (χ4v) is 4.89. The highest BCUT2D eigenvalue weighted by atomic mass is 19.1. The van der Waals surface area contributed by atoms with E-state index in [9.17, 15) is 9.18 Å². The van der Waals surface area contributed by atoms with Crippen LogP contribution in [0, 0.1) is 12.7 Å². The Morgan fingerprint density at radius 1 is 1.29 bits per heavy atom. The van der Waals surface area contributed by atoms with Gasteiger partial charge in [0.2, 0.25) is 11.8 Å². The molecule has 0 bridgehead atoms. The van der Waals surface area contributed by atoms with E-state index in [0.717, 1.165) is 48.1 Å². The fourth-order valence-electron chi connectivity index (χ4n) is 4.89. The lowest BCUT2D eigenvalue weighted by molar-refractivity contribution is -0.131. The summed E-state index contributed by atoms with van der Waals surface area (Å²) in [5, 5.41) is 3.59. The quantitative estimate of drug-likeness (QED) is 0.630. The first-order valence-corrected chi connectivity index (χ1v) is 11.2. The highest BCUT2D eigenvalue weighted by molar-refractivity contribution is 5.84. The molecule has 5 heterocycles. The predicted molar refractivity (Wildman–Crippen MR) is 125 cm³/mol. The summed E-state index contributed by atoms with van der Waals surface area (Å²) in [6.45, 7) is 4.51. The molecule has 2 atom stereocenters. The van der Waals surface area contributed by atoms with Crippen molar-refractivity contribution in [3.05, 3.63) is 59.4 Å². The van der Waals surface area contributed by atoms with Crippen LogP contribution in [-0.4, -0.2) is 56.4 Å². The Balaban J connectivity index is 1.31. The van der Waals surface area contributed by atoms with E-state index in [1.54, 1.807) is 30.3 Å². The van der Waals surface area contributed by atoms with Crippen molar-refractivity contribution in [1.82, 2.24) is 24.8 Å². The minimum atomic E-state index is -2.72. The average Bonchev–Trinajstić information content (AvgIpc) is 3.26. The Kier molecular flexibility index (Phi) is 4.76. The summed E-state index contributed by atoms with van der Waals surface area (Å²) in [6.07, 6.45) is 6.65. The van der Waals surface area contributed by atoms with Gasteiger partial charge in [0, 0.05) is 42.7 Å². The number of amides is 1. The number of pyridine rings is 2. The molecular weight excluding hydrogens is 435 g/mol. The van der Waals surface area contributed by atoms with Crippen LogP contribution in [0.1, 0.15) is 46.6 Å². The van der Waals surface area contributed by atoms with Gasteiger partial charge in [-0.25, -0.2) is 24.3 Å². The molecule has 1 N–H and O–H groups in total. The molecule has 1 fully saturated rings. The minimum absolute atomic E-state index is 0.0510. The molecule has 3 aromatic heterocycles. The van der Waals surface area contributed by atoms with Crippen molar-refractivity contribution in [3.63, 3.8) is 0 Å². The van der Waals surface area contributed by atoms with Crippen molar-refractivity contribution in [3.8, 4) is 17.3 Å². The van der Waals surface area contributed by atoms with Gasteiger partial charge in [-0.05, 0) is 50.8 Å². The first-order chi connectivity index (χ1) is 17.5. The summed E-state index contributed by atoms with van der Waals surface area (Å²) in [4.78, 5) is 32.3. The second-order valence-electron chi connectivity index (χ2n) is 8.98.